The summed E-state index contributed by atoms with van der Waals surface area (Å²) in [6.45, 7) is 0. The minimum Gasteiger partial charge on any atom is -0.497 e. The van der Waals surface area contributed by atoms with E-state index in [0.717, 1.165) is 0 Å². The number of anilines is 1. The van der Waals surface area contributed by atoms with Crippen molar-refractivity contribution in [2.45, 2.75) is 0 Å². The van der Waals surface area contributed by atoms with Gasteiger partial charge < -0.3 is 14.5 Å². The van der Waals surface area contributed by atoms with Crippen LogP contribution in [0.2, 0.25) is 5.02 Å². The Labute approximate surface area is 147 Å². The monoisotopic (exact) mass is 354 g/mol. The Balaban J connectivity index is 2.02. The summed E-state index contributed by atoms with van der Waals surface area (Å²) in [7, 11) is 1.50. The zero-order chi connectivity index (χ0) is 18.0. The molecular weight excluding hydrogens is 344 g/mol. The minimum atomic E-state index is -0.666. The highest BCUT2D eigenvalue weighted by Gasteiger charge is 2.15. The minimum absolute atomic E-state index is 0.186. The maximum atomic E-state index is 12.4. The molecule has 0 aliphatic rings. The molecule has 1 amide bonds. The van der Waals surface area contributed by atoms with Crippen molar-refractivity contribution in [3.63, 3.8) is 0 Å². The van der Waals surface area contributed by atoms with Gasteiger partial charge in [0.2, 0.25) is 0 Å². The maximum absolute atomic E-state index is 12.4. The largest absolute Gasteiger partial charge is 0.497 e. The van der Waals surface area contributed by atoms with E-state index in [1.807, 2.05) is 6.07 Å². The van der Waals surface area contributed by atoms with Gasteiger partial charge >= 0.3 is 5.63 Å². The number of nitrogens with one attached hydrogen (secondary N) is 1. The van der Waals surface area contributed by atoms with Gasteiger partial charge in [-0.05, 0) is 47.9 Å². The van der Waals surface area contributed by atoms with Crippen molar-refractivity contribution >= 4 is 34.0 Å². The molecule has 2 aromatic carbocycles. The molecule has 0 fully saturated rings. The van der Waals surface area contributed by atoms with Gasteiger partial charge in [0, 0.05) is 5.02 Å². The van der Waals surface area contributed by atoms with E-state index >= 15 is 0 Å². The van der Waals surface area contributed by atoms with Crippen LogP contribution in [-0.4, -0.2) is 13.0 Å². The number of amides is 1. The molecule has 0 bridgehead atoms. The number of nitrogens with zero attached hydrogens (tertiary/aromatic N) is 1. The summed E-state index contributed by atoms with van der Waals surface area (Å²) >= 11 is 5.89. The van der Waals surface area contributed by atoms with Gasteiger partial charge in [0.25, 0.3) is 5.91 Å². The average Bonchev–Trinajstić information content (AvgIpc) is 2.61. The van der Waals surface area contributed by atoms with Crippen LogP contribution in [-0.2, 0) is 0 Å². The van der Waals surface area contributed by atoms with Gasteiger partial charge in [-0.1, -0.05) is 11.6 Å². The summed E-state index contributed by atoms with van der Waals surface area (Å²) in [5, 5.41) is 12.8. The molecule has 0 radical (unpaired) electrons. The summed E-state index contributed by atoms with van der Waals surface area (Å²) in [6.07, 6.45) is 0. The average molecular weight is 355 g/mol. The van der Waals surface area contributed by atoms with E-state index in [-0.39, 0.29) is 17.0 Å². The zero-order valence-corrected chi connectivity index (χ0v) is 13.8. The molecule has 0 atom stereocenters. The van der Waals surface area contributed by atoms with Crippen molar-refractivity contribution in [2.75, 3.05) is 12.4 Å². The van der Waals surface area contributed by atoms with Crippen molar-refractivity contribution < 1.29 is 13.9 Å². The van der Waals surface area contributed by atoms with Crippen LogP contribution in [0.5, 0.6) is 5.75 Å². The van der Waals surface area contributed by atoms with E-state index < -0.39 is 11.5 Å². The van der Waals surface area contributed by atoms with Crippen molar-refractivity contribution in [3.05, 3.63) is 69.2 Å². The van der Waals surface area contributed by atoms with Crippen LogP contribution in [0.3, 0.4) is 0 Å². The molecule has 0 aliphatic carbocycles. The van der Waals surface area contributed by atoms with Crippen molar-refractivity contribution in [1.82, 2.24) is 0 Å². The van der Waals surface area contributed by atoms with E-state index in [9.17, 15) is 9.59 Å². The molecule has 1 aromatic heterocycles. The molecule has 7 heteroatoms. The normalized spacial score (nSPS) is 10.3. The van der Waals surface area contributed by atoms with Gasteiger partial charge in [-0.15, -0.1) is 0 Å². The fourth-order valence-electron chi connectivity index (χ4n) is 2.31. The van der Waals surface area contributed by atoms with Crippen LogP contribution in [0.15, 0.2) is 51.7 Å². The Morgan fingerprint density at radius 3 is 2.76 bits per heavy atom. The first-order chi connectivity index (χ1) is 12.0. The highest BCUT2D eigenvalue weighted by molar-refractivity contribution is 6.31. The molecule has 3 rings (SSSR count). The SMILES string of the molecule is COc1ccc2c(=O)oc(C(=O)Nc3cc(Cl)ccc3C#N)cc2c1. The maximum Gasteiger partial charge on any atom is 0.344 e. The second-order valence-corrected chi connectivity index (χ2v) is 5.54. The number of rotatable bonds is 3. The van der Waals surface area contributed by atoms with Crippen LogP contribution < -0.4 is 15.7 Å². The topological polar surface area (TPSA) is 92.3 Å². The highest BCUT2D eigenvalue weighted by Crippen LogP contribution is 2.22. The van der Waals surface area contributed by atoms with E-state index in [0.29, 0.717) is 21.5 Å². The fraction of sp³-hybridized carbons (Fsp3) is 0.0556. The molecule has 0 spiro atoms. The van der Waals surface area contributed by atoms with Gasteiger partial charge in [-0.3, -0.25) is 4.79 Å². The number of ether oxygens (including phenoxy) is 1. The molecule has 3 aromatic rings. The molecule has 6 nitrogen and oxygen atoms in total. The van der Waals surface area contributed by atoms with Crippen LogP contribution in [0.1, 0.15) is 16.1 Å². The molecule has 0 aliphatic heterocycles. The Morgan fingerprint density at radius 2 is 2.04 bits per heavy atom. The third kappa shape index (κ3) is 3.32. The molecule has 1 heterocycles. The number of benzene rings is 2. The molecule has 124 valence electrons. The second-order valence-electron chi connectivity index (χ2n) is 5.11. The van der Waals surface area contributed by atoms with Crippen molar-refractivity contribution in [3.8, 4) is 11.8 Å². The molecule has 25 heavy (non-hydrogen) atoms. The fourth-order valence-corrected chi connectivity index (χ4v) is 2.48. The van der Waals surface area contributed by atoms with Gasteiger partial charge in [-0.25, -0.2) is 4.79 Å². The predicted octanol–water partition coefficient (Wildman–Crippen LogP) is 3.58. The first-order valence-electron chi connectivity index (χ1n) is 7.14. The predicted molar refractivity (Wildman–Crippen MR) is 93.2 cm³/mol. The number of nitriles is 1. The van der Waals surface area contributed by atoms with Gasteiger partial charge in [-0.2, -0.15) is 5.26 Å². The Kier molecular flexibility index (Phi) is 4.42. The van der Waals surface area contributed by atoms with Crippen molar-refractivity contribution in [1.29, 1.82) is 5.26 Å². The van der Waals surface area contributed by atoms with E-state index in [2.05, 4.69) is 5.32 Å². The van der Waals surface area contributed by atoms with Gasteiger partial charge in [0.1, 0.15) is 11.8 Å². The van der Waals surface area contributed by atoms with Crippen LogP contribution in [0.25, 0.3) is 10.8 Å². The van der Waals surface area contributed by atoms with Crippen LogP contribution >= 0.6 is 11.6 Å². The lowest BCUT2D eigenvalue weighted by Gasteiger charge is -2.08. The number of hydrogen-bond acceptors (Lipinski definition) is 5. The third-order valence-corrected chi connectivity index (χ3v) is 3.78. The third-order valence-electron chi connectivity index (χ3n) is 3.54. The van der Waals surface area contributed by atoms with E-state index in [1.54, 1.807) is 18.2 Å². The quantitative estimate of drug-likeness (QED) is 0.776. The molecular formula is C18H11ClN2O4. The Hall–Kier alpha value is -3.30. The summed E-state index contributed by atoms with van der Waals surface area (Å²) in [6, 6.07) is 12.7. The van der Waals surface area contributed by atoms with Gasteiger partial charge in [0.05, 0.1) is 23.7 Å². The standard InChI is InChI=1S/C18H11ClN2O4/c1-24-13-4-5-14-11(6-13)7-16(25-18(14)23)17(22)21-15-8-12(19)3-2-10(15)9-20/h2-8H,1H3,(H,21,22). The highest BCUT2D eigenvalue weighted by atomic mass is 35.5. The Bertz CT molecular complexity index is 1080. The van der Waals surface area contributed by atoms with Crippen LogP contribution in [0, 0.1) is 11.3 Å². The van der Waals surface area contributed by atoms with Crippen LogP contribution in [0.4, 0.5) is 5.69 Å². The first-order valence-corrected chi connectivity index (χ1v) is 7.52. The number of carbonyl (C=O) groups is 1. The zero-order valence-electron chi connectivity index (χ0n) is 13.0. The summed E-state index contributed by atoms with van der Waals surface area (Å²) < 4.78 is 10.2. The lowest BCUT2D eigenvalue weighted by molar-refractivity contribution is 0.0993. The molecule has 0 saturated heterocycles. The Morgan fingerprint density at radius 1 is 1.24 bits per heavy atom. The number of fused-ring (bicyclic) bond motifs is 1. The van der Waals surface area contributed by atoms with Crippen molar-refractivity contribution in [2.24, 2.45) is 0 Å². The second kappa shape index (κ2) is 6.67. The van der Waals surface area contributed by atoms with E-state index in [4.69, 9.17) is 26.0 Å². The summed E-state index contributed by atoms with van der Waals surface area (Å²) in [5.41, 5.74) is -0.173. The van der Waals surface area contributed by atoms with E-state index in [1.165, 1.54) is 31.4 Å². The smallest absolute Gasteiger partial charge is 0.344 e. The number of halogens is 1. The summed E-state index contributed by atoms with van der Waals surface area (Å²) in [4.78, 5) is 24.5. The number of methoxy groups -OCH3 is 1. The number of carbonyl (C=O) groups excluding carboxylic acids is 1. The lowest BCUT2D eigenvalue weighted by Crippen LogP contribution is -2.15. The number of hydrogen-bond donors (Lipinski definition) is 1. The molecule has 0 saturated carbocycles. The summed E-state index contributed by atoms with van der Waals surface area (Å²) in [5.74, 6) is -0.304. The molecule has 0 unspecified atom stereocenters. The first kappa shape index (κ1) is 16.6. The van der Waals surface area contributed by atoms with Gasteiger partial charge in [0.15, 0.2) is 5.76 Å². The molecule has 1 N–H and O–H groups in total. The lowest BCUT2D eigenvalue weighted by atomic mass is 10.1.